The molecule has 0 aromatic heterocycles. The predicted octanol–water partition coefficient (Wildman–Crippen LogP) is 8.08. The van der Waals surface area contributed by atoms with Crippen LogP contribution in [0.3, 0.4) is 0 Å². The van der Waals surface area contributed by atoms with Gasteiger partial charge >= 0.3 is 0 Å². The average molecular weight is 371 g/mol. The molecule has 0 aliphatic heterocycles. The maximum absolute atomic E-state index is 14.7. The van der Waals surface area contributed by atoms with Crippen molar-refractivity contribution >= 4 is 17.2 Å². The second-order valence-corrected chi connectivity index (χ2v) is 7.76. The van der Waals surface area contributed by atoms with Gasteiger partial charge in [-0.1, -0.05) is 87.2 Å². The molecule has 1 aliphatic carbocycles. The molecular formula is C24H28ClF. The Labute approximate surface area is 162 Å². The normalized spacial score (nSPS) is 17.2. The molecule has 1 atom stereocenters. The zero-order valence-corrected chi connectivity index (χ0v) is 16.6. The zero-order valence-electron chi connectivity index (χ0n) is 15.8. The maximum Gasteiger partial charge on any atom is 0.149 e. The minimum absolute atomic E-state index is 0.269. The van der Waals surface area contributed by atoms with E-state index < -0.39 is 0 Å². The molecule has 0 saturated heterocycles. The van der Waals surface area contributed by atoms with E-state index in [9.17, 15) is 4.39 Å². The van der Waals surface area contributed by atoms with E-state index in [1.165, 1.54) is 36.8 Å². The highest BCUT2D eigenvalue weighted by Crippen LogP contribution is 2.35. The van der Waals surface area contributed by atoms with Gasteiger partial charge in [-0.2, -0.15) is 0 Å². The van der Waals surface area contributed by atoms with E-state index in [1.54, 1.807) is 0 Å². The molecule has 0 saturated carbocycles. The van der Waals surface area contributed by atoms with Crippen molar-refractivity contribution in [3.63, 3.8) is 0 Å². The summed E-state index contributed by atoms with van der Waals surface area (Å²) in [4.78, 5) is 0. The highest BCUT2D eigenvalue weighted by Gasteiger charge is 2.16. The first-order valence-electron chi connectivity index (χ1n) is 9.90. The number of rotatable bonds is 6. The largest absolute Gasteiger partial charge is 0.205 e. The SMILES string of the molecule is CCCc1ccc(-c2ccc(C3=CCC(CCC)CC3)cc2)c(F)c1Cl. The Morgan fingerprint density at radius 3 is 2.35 bits per heavy atom. The molecule has 0 nitrogen and oxygen atoms in total. The number of aryl methyl sites for hydroxylation is 1. The minimum atomic E-state index is -0.301. The highest BCUT2D eigenvalue weighted by molar-refractivity contribution is 6.31. The van der Waals surface area contributed by atoms with Crippen molar-refractivity contribution < 1.29 is 4.39 Å². The van der Waals surface area contributed by atoms with E-state index in [0.717, 1.165) is 36.3 Å². The van der Waals surface area contributed by atoms with Gasteiger partial charge in [0.15, 0.2) is 0 Å². The smallest absolute Gasteiger partial charge is 0.149 e. The van der Waals surface area contributed by atoms with Crippen molar-refractivity contribution in [3.8, 4) is 11.1 Å². The van der Waals surface area contributed by atoms with Gasteiger partial charge in [-0.3, -0.25) is 0 Å². The quantitative estimate of drug-likeness (QED) is 0.482. The van der Waals surface area contributed by atoms with Gasteiger partial charge in [-0.25, -0.2) is 4.39 Å². The first-order valence-corrected chi connectivity index (χ1v) is 10.3. The second-order valence-electron chi connectivity index (χ2n) is 7.39. The van der Waals surface area contributed by atoms with Crippen LogP contribution in [0.4, 0.5) is 4.39 Å². The third kappa shape index (κ3) is 4.20. The molecule has 1 aliphatic rings. The van der Waals surface area contributed by atoms with Gasteiger partial charge in [0.1, 0.15) is 5.82 Å². The van der Waals surface area contributed by atoms with Gasteiger partial charge in [0, 0.05) is 5.56 Å². The molecule has 0 bridgehead atoms. The Kier molecular flexibility index (Phi) is 6.53. The summed E-state index contributed by atoms with van der Waals surface area (Å²) in [5.74, 6) is 0.547. The number of benzene rings is 2. The Morgan fingerprint density at radius 2 is 1.73 bits per heavy atom. The third-order valence-electron chi connectivity index (χ3n) is 5.46. The van der Waals surface area contributed by atoms with Crippen LogP contribution in [0.5, 0.6) is 0 Å². The van der Waals surface area contributed by atoms with E-state index >= 15 is 0 Å². The molecule has 0 heterocycles. The molecule has 1 unspecified atom stereocenters. The Bertz CT molecular complexity index is 774. The molecule has 0 amide bonds. The van der Waals surface area contributed by atoms with E-state index in [-0.39, 0.29) is 10.8 Å². The summed E-state index contributed by atoms with van der Waals surface area (Å²) in [7, 11) is 0. The van der Waals surface area contributed by atoms with Crippen molar-refractivity contribution in [2.45, 2.75) is 58.8 Å². The fourth-order valence-electron chi connectivity index (χ4n) is 3.96. The number of halogens is 2. The lowest BCUT2D eigenvalue weighted by Crippen LogP contribution is -2.05. The summed E-state index contributed by atoms with van der Waals surface area (Å²) in [6, 6.07) is 12.1. The van der Waals surface area contributed by atoms with Crippen molar-refractivity contribution in [2.75, 3.05) is 0 Å². The number of hydrogen-bond donors (Lipinski definition) is 0. The fraction of sp³-hybridized carbons (Fsp3) is 0.417. The molecule has 0 radical (unpaired) electrons. The molecule has 26 heavy (non-hydrogen) atoms. The Hall–Kier alpha value is -1.60. The summed E-state index contributed by atoms with van der Waals surface area (Å²) >= 11 is 6.24. The lowest BCUT2D eigenvalue weighted by Gasteiger charge is -2.21. The van der Waals surface area contributed by atoms with Crippen LogP contribution in [0.15, 0.2) is 42.5 Å². The summed E-state index contributed by atoms with van der Waals surface area (Å²) in [6.07, 6.45) is 10.4. The van der Waals surface area contributed by atoms with E-state index in [0.29, 0.717) is 5.56 Å². The summed E-state index contributed by atoms with van der Waals surface area (Å²) in [5, 5.41) is 0.269. The molecule has 2 aromatic rings. The molecule has 3 rings (SSSR count). The Morgan fingerprint density at radius 1 is 1.00 bits per heavy atom. The highest BCUT2D eigenvalue weighted by atomic mass is 35.5. The number of allylic oxidation sites excluding steroid dienone is 2. The first kappa shape index (κ1) is 19.2. The molecule has 0 fully saturated rings. The van der Waals surface area contributed by atoms with Gasteiger partial charge in [-0.15, -0.1) is 0 Å². The lowest BCUT2D eigenvalue weighted by atomic mass is 9.84. The molecule has 0 spiro atoms. The van der Waals surface area contributed by atoms with Crippen LogP contribution in [0.1, 0.15) is 63.5 Å². The van der Waals surface area contributed by atoms with Crippen LogP contribution in [0, 0.1) is 11.7 Å². The van der Waals surface area contributed by atoms with E-state index in [1.807, 2.05) is 24.3 Å². The molecule has 138 valence electrons. The van der Waals surface area contributed by atoms with Crippen molar-refractivity contribution in [3.05, 3.63) is 64.4 Å². The average Bonchev–Trinajstić information content (AvgIpc) is 2.67. The summed E-state index contributed by atoms with van der Waals surface area (Å²) in [5.41, 5.74) is 5.05. The van der Waals surface area contributed by atoms with Gasteiger partial charge in [0.05, 0.1) is 5.02 Å². The van der Waals surface area contributed by atoms with Gasteiger partial charge < -0.3 is 0 Å². The molecule has 0 N–H and O–H groups in total. The topological polar surface area (TPSA) is 0 Å². The van der Waals surface area contributed by atoms with Crippen LogP contribution >= 0.6 is 11.6 Å². The summed E-state index contributed by atoms with van der Waals surface area (Å²) < 4.78 is 14.7. The van der Waals surface area contributed by atoms with Crippen LogP contribution in [-0.4, -0.2) is 0 Å². The number of hydrogen-bond acceptors (Lipinski definition) is 0. The van der Waals surface area contributed by atoms with Crippen LogP contribution in [-0.2, 0) is 6.42 Å². The van der Waals surface area contributed by atoms with E-state index in [2.05, 4.69) is 32.1 Å². The molecule has 2 heteroatoms. The monoisotopic (exact) mass is 370 g/mol. The Balaban J connectivity index is 1.79. The van der Waals surface area contributed by atoms with Crippen molar-refractivity contribution in [1.29, 1.82) is 0 Å². The van der Waals surface area contributed by atoms with Crippen molar-refractivity contribution in [2.24, 2.45) is 5.92 Å². The second kappa shape index (κ2) is 8.86. The van der Waals surface area contributed by atoms with E-state index in [4.69, 9.17) is 11.6 Å². The third-order valence-corrected chi connectivity index (χ3v) is 5.87. The minimum Gasteiger partial charge on any atom is -0.205 e. The van der Waals surface area contributed by atoms with Crippen LogP contribution < -0.4 is 0 Å². The van der Waals surface area contributed by atoms with Gasteiger partial charge in [0.2, 0.25) is 0 Å². The summed E-state index contributed by atoms with van der Waals surface area (Å²) in [6.45, 7) is 4.34. The fourth-order valence-corrected chi connectivity index (χ4v) is 4.22. The van der Waals surface area contributed by atoms with Gasteiger partial charge in [0.25, 0.3) is 0 Å². The maximum atomic E-state index is 14.7. The zero-order chi connectivity index (χ0) is 18.5. The molecule has 2 aromatic carbocycles. The predicted molar refractivity (Wildman–Crippen MR) is 111 cm³/mol. The standard InChI is InChI=1S/C24H28ClF/c1-3-5-17-7-9-18(10-8-17)19-11-13-20(14-12-19)22-16-15-21(6-4-2)23(25)24(22)26/h9,11-17H,3-8,10H2,1-2H3. The van der Waals surface area contributed by atoms with Crippen molar-refractivity contribution in [1.82, 2.24) is 0 Å². The van der Waals surface area contributed by atoms with Crippen LogP contribution in [0.2, 0.25) is 5.02 Å². The lowest BCUT2D eigenvalue weighted by molar-refractivity contribution is 0.445. The van der Waals surface area contributed by atoms with Crippen LogP contribution in [0.25, 0.3) is 16.7 Å². The van der Waals surface area contributed by atoms with Gasteiger partial charge in [-0.05, 0) is 53.9 Å². The first-order chi connectivity index (χ1) is 12.6. The molecular weight excluding hydrogens is 343 g/mol.